The number of hydrogen-bond donors (Lipinski definition) is 1. The highest BCUT2D eigenvalue weighted by molar-refractivity contribution is 6.33. The van der Waals surface area contributed by atoms with E-state index in [-0.39, 0.29) is 17.3 Å². The summed E-state index contributed by atoms with van der Waals surface area (Å²) in [5, 5.41) is 6.69. The molecule has 0 radical (unpaired) electrons. The van der Waals surface area contributed by atoms with Crippen molar-refractivity contribution in [1.82, 2.24) is 14.7 Å². The van der Waals surface area contributed by atoms with E-state index in [2.05, 4.69) is 10.4 Å². The normalized spacial score (nSPS) is 11.8. The average Bonchev–Trinajstić information content (AvgIpc) is 2.77. The minimum Gasteiger partial charge on any atom is -0.324 e. The minimum absolute atomic E-state index is 0.000901. The van der Waals surface area contributed by atoms with Crippen molar-refractivity contribution < 1.29 is 18.0 Å². The minimum atomic E-state index is -4.50. The van der Waals surface area contributed by atoms with Gasteiger partial charge in [0, 0.05) is 25.4 Å². The first-order chi connectivity index (χ1) is 11.6. The Bertz CT molecular complexity index is 773. The number of rotatable bonds is 5. The van der Waals surface area contributed by atoms with Crippen LogP contribution in [0.25, 0.3) is 0 Å². The number of anilines is 1. The van der Waals surface area contributed by atoms with E-state index < -0.39 is 17.6 Å². The lowest BCUT2D eigenvalue weighted by Crippen LogP contribution is -2.30. The van der Waals surface area contributed by atoms with E-state index in [0.717, 1.165) is 29.5 Å². The Morgan fingerprint density at radius 2 is 2.08 bits per heavy atom. The Morgan fingerprint density at radius 3 is 2.64 bits per heavy atom. The number of alkyl halides is 3. The highest BCUT2D eigenvalue weighted by Gasteiger charge is 2.31. The second-order valence-corrected chi connectivity index (χ2v) is 6.23. The smallest absolute Gasteiger partial charge is 0.324 e. The molecule has 1 heterocycles. The van der Waals surface area contributed by atoms with Gasteiger partial charge in [0.2, 0.25) is 5.91 Å². The van der Waals surface area contributed by atoms with Crippen LogP contribution in [-0.2, 0) is 24.6 Å². The Labute approximate surface area is 148 Å². The number of benzene rings is 1. The van der Waals surface area contributed by atoms with Gasteiger partial charge in [0.1, 0.15) is 0 Å². The molecule has 2 aromatic rings. The monoisotopic (exact) mass is 374 g/mol. The van der Waals surface area contributed by atoms with Crippen LogP contribution in [0.15, 0.2) is 24.4 Å². The summed E-state index contributed by atoms with van der Waals surface area (Å²) in [5.41, 5.74) is 0.893. The van der Waals surface area contributed by atoms with Crippen molar-refractivity contribution in [2.24, 2.45) is 7.05 Å². The highest BCUT2D eigenvalue weighted by Crippen LogP contribution is 2.33. The molecule has 1 aromatic heterocycles. The molecule has 5 nitrogen and oxygen atoms in total. The van der Waals surface area contributed by atoms with Gasteiger partial charge in [-0.15, -0.1) is 0 Å². The molecule has 2 rings (SSSR count). The number of hydrogen-bond acceptors (Lipinski definition) is 3. The molecule has 0 unspecified atom stereocenters. The number of carbonyl (C=O) groups is 1. The van der Waals surface area contributed by atoms with Gasteiger partial charge in [0.15, 0.2) is 0 Å². The summed E-state index contributed by atoms with van der Waals surface area (Å²) >= 11 is 5.87. The lowest BCUT2D eigenvalue weighted by atomic mass is 10.2. The fraction of sp³-hybridized carbons (Fsp3) is 0.375. The largest absolute Gasteiger partial charge is 0.416 e. The van der Waals surface area contributed by atoms with Crippen LogP contribution in [-0.4, -0.2) is 34.2 Å². The molecular weight excluding hydrogens is 357 g/mol. The summed E-state index contributed by atoms with van der Waals surface area (Å²) in [6.45, 7) is 2.36. The van der Waals surface area contributed by atoms with Crippen LogP contribution in [0.5, 0.6) is 0 Å². The van der Waals surface area contributed by atoms with Gasteiger partial charge >= 0.3 is 6.18 Å². The van der Waals surface area contributed by atoms with Crippen LogP contribution in [0.2, 0.25) is 5.02 Å². The Kier molecular flexibility index (Phi) is 5.74. The zero-order valence-electron chi connectivity index (χ0n) is 14.0. The number of carbonyl (C=O) groups excluding carboxylic acids is 1. The third-order valence-corrected chi connectivity index (χ3v) is 3.87. The molecule has 0 bridgehead atoms. The number of aromatic nitrogens is 2. The molecule has 0 aliphatic heterocycles. The summed E-state index contributed by atoms with van der Waals surface area (Å²) in [5.74, 6) is -0.453. The molecule has 0 atom stereocenters. The summed E-state index contributed by atoms with van der Waals surface area (Å²) in [7, 11) is 3.54. The van der Waals surface area contributed by atoms with Crippen molar-refractivity contribution >= 4 is 23.2 Å². The van der Waals surface area contributed by atoms with Crippen molar-refractivity contribution in [3.8, 4) is 0 Å². The van der Waals surface area contributed by atoms with E-state index >= 15 is 0 Å². The fourth-order valence-corrected chi connectivity index (χ4v) is 2.55. The van der Waals surface area contributed by atoms with Gasteiger partial charge in [-0.05, 0) is 32.2 Å². The number of nitrogens with one attached hydrogen (secondary N) is 1. The second-order valence-electron chi connectivity index (χ2n) is 5.83. The van der Waals surface area contributed by atoms with Gasteiger partial charge < -0.3 is 5.32 Å². The van der Waals surface area contributed by atoms with Crippen LogP contribution in [0, 0.1) is 6.92 Å². The maximum atomic E-state index is 12.8. The topological polar surface area (TPSA) is 50.2 Å². The molecule has 25 heavy (non-hydrogen) atoms. The van der Waals surface area contributed by atoms with E-state index in [1.165, 1.54) is 0 Å². The quantitative estimate of drug-likeness (QED) is 0.871. The Balaban J connectivity index is 2.01. The molecular formula is C16H18ClF3N4O. The van der Waals surface area contributed by atoms with Gasteiger partial charge in [0.05, 0.1) is 28.5 Å². The molecule has 0 spiro atoms. The maximum Gasteiger partial charge on any atom is 0.416 e. The van der Waals surface area contributed by atoms with Crippen molar-refractivity contribution in [3.05, 3.63) is 46.2 Å². The van der Waals surface area contributed by atoms with Gasteiger partial charge in [-0.2, -0.15) is 18.3 Å². The van der Waals surface area contributed by atoms with Gasteiger partial charge in [-0.25, -0.2) is 0 Å². The third kappa shape index (κ3) is 5.20. The summed E-state index contributed by atoms with van der Waals surface area (Å²) in [6, 6.07) is 2.81. The predicted molar refractivity (Wildman–Crippen MR) is 89.4 cm³/mol. The number of nitrogens with zero attached hydrogens (tertiary/aromatic N) is 3. The molecule has 0 saturated heterocycles. The Hall–Kier alpha value is -2.06. The van der Waals surface area contributed by atoms with Crippen LogP contribution in [0.4, 0.5) is 18.9 Å². The SMILES string of the molecule is Cc1nn(C)cc1CN(C)CC(=O)Nc1cc(C(F)(F)F)ccc1Cl. The number of aryl methyl sites for hydroxylation is 2. The predicted octanol–water partition coefficient (Wildman–Crippen LogP) is 3.47. The molecule has 9 heteroatoms. The lowest BCUT2D eigenvalue weighted by Gasteiger charge is -2.17. The van der Waals surface area contributed by atoms with Crippen LogP contribution < -0.4 is 5.32 Å². The van der Waals surface area contributed by atoms with Gasteiger partial charge in [0.25, 0.3) is 0 Å². The molecule has 136 valence electrons. The first kappa shape index (κ1) is 19.3. The maximum absolute atomic E-state index is 12.8. The van der Waals surface area contributed by atoms with Crippen molar-refractivity contribution in [3.63, 3.8) is 0 Å². The van der Waals surface area contributed by atoms with E-state index in [4.69, 9.17) is 11.6 Å². The van der Waals surface area contributed by atoms with Crippen molar-refractivity contribution in [2.75, 3.05) is 18.9 Å². The number of amides is 1. The van der Waals surface area contributed by atoms with E-state index in [0.29, 0.717) is 6.54 Å². The molecule has 0 fully saturated rings. The molecule has 1 N–H and O–H groups in total. The zero-order valence-corrected chi connectivity index (χ0v) is 14.7. The van der Waals surface area contributed by atoms with Gasteiger partial charge in [-0.3, -0.25) is 14.4 Å². The lowest BCUT2D eigenvalue weighted by molar-refractivity contribution is -0.137. The number of likely N-dealkylation sites (N-methyl/N-ethyl adjacent to an activating group) is 1. The number of halogens is 4. The average molecular weight is 375 g/mol. The summed E-state index contributed by atoms with van der Waals surface area (Å²) < 4.78 is 40.0. The van der Waals surface area contributed by atoms with Crippen molar-refractivity contribution in [2.45, 2.75) is 19.6 Å². The van der Waals surface area contributed by atoms with Crippen LogP contribution in [0.1, 0.15) is 16.8 Å². The molecule has 1 aromatic carbocycles. The zero-order chi connectivity index (χ0) is 18.8. The Morgan fingerprint density at radius 1 is 1.40 bits per heavy atom. The highest BCUT2D eigenvalue weighted by atomic mass is 35.5. The fourth-order valence-electron chi connectivity index (χ4n) is 2.38. The van der Waals surface area contributed by atoms with Crippen LogP contribution in [0.3, 0.4) is 0 Å². The first-order valence-electron chi connectivity index (χ1n) is 7.40. The van der Waals surface area contributed by atoms with E-state index in [1.54, 1.807) is 23.7 Å². The van der Waals surface area contributed by atoms with E-state index in [9.17, 15) is 18.0 Å². The molecule has 0 aliphatic carbocycles. The summed E-state index contributed by atoms with van der Waals surface area (Å²) in [6.07, 6.45) is -2.65. The van der Waals surface area contributed by atoms with E-state index in [1.807, 2.05) is 13.1 Å². The van der Waals surface area contributed by atoms with Crippen LogP contribution >= 0.6 is 11.6 Å². The second kappa shape index (κ2) is 7.45. The third-order valence-electron chi connectivity index (χ3n) is 3.54. The standard InChI is InChI=1S/C16H18ClF3N4O/c1-10-11(8-24(3)22-10)7-23(2)9-15(25)21-14-6-12(16(18,19)20)4-5-13(14)17/h4-6,8H,7,9H2,1-3H3,(H,21,25). The molecule has 1 amide bonds. The van der Waals surface area contributed by atoms with Gasteiger partial charge in [-0.1, -0.05) is 11.6 Å². The summed E-state index contributed by atoms with van der Waals surface area (Å²) in [4.78, 5) is 13.8. The first-order valence-corrected chi connectivity index (χ1v) is 7.78. The molecule has 0 saturated carbocycles. The van der Waals surface area contributed by atoms with Crippen molar-refractivity contribution in [1.29, 1.82) is 0 Å². The molecule has 0 aliphatic rings.